The molecule has 1 aromatic heterocycles. The van der Waals surface area contributed by atoms with Gasteiger partial charge in [0.05, 0.1) is 11.0 Å². The monoisotopic (exact) mass is 200 g/mol. The van der Waals surface area contributed by atoms with Gasteiger partial charge >= 0.3 is 5.69 Å². The Morgan fingerprint density at radius 3 is 2.92 bits per heavy atom. The highest BCUT2D eigenvalue weighted by Gasteiger charge is 2.10. The lowest BCUT2D eigenvalue weighted by Crippen LogP contribution is -1.94. The van der Waals surface area contributed by atoms with Crippen LogP contribution in [0.25, 0.3) is 0 Å². The van der Waals surface area contributed by atoms with Gasteiger partial charge in [-0.2, -0.15) is 0 Å². The predicted octanol–water partition coefficient (Wildman–Crippen LogP) is 1.19. The van der Waals surface area contributed by atoms with Gasteiger partial charge in [-0.15, -0.1) is 0 Å². The highest BCUT2D eigenvalue weighted by atomic mass is 32.1. The number of ether oxygens (including phenoxy) is 1. The van der Waals surface area contributed by atoms with E-state index in [1.165, 1.54) is 6.20 Å². The summed E-state index contributed by atoms with van der Waals surface area (Å²) in [4.78, 5) is 22.0. The second kappa shape index (κ2) is 3.76. The van der Waals surface area contributed by atoms with E-state index in [2.05, 4.69) is 21.9 Å². The maximum atomic E-state index is 10.4. The van der Waals surface area contributed by atoms with Gasteiger partial charge in [-0.05, 0) is 0 Å². The second-order valence-corrected chi connectivity index (χ2v) is 2.43. The van der Waals surface area contributed by atoms with Gasteiger partial charge in [0.1, 0.15) is 0 Å². The number of aromatic amines is 1. The number of nitrogens with zero attached hydrogens (tertiary/aromatic N) is 1. The van der Waals surface area contributed by atoms with Crippen LogP contribution in [-0.2, 0) is 4.79 Å². The molecule has 0 radical (unpaired) electrons. The maximum Gasteiger partial charge on any atom is 0.307 e. The van der Waals surface area contributed by atoms with E-state index in [0.717, 1.165) is 6.07 Å². The third-order valence-corrected chi connectivity index (χ3v) is 1.57. The molecule has 0 saturated heterocycles. The number of aromatic nitrogens is 1. The van der Waals surface area contributed by atoms with Gasteiger partial charge < -0.3 is 9.72 Å². The lowest BCUT2D eigenvalue weighted by Gasteiger charge is -1.96. The quantitative estimate of drug-likeness (QED) is 0.343. The Bertz CT molecular complexity index is 400. The number of carbonyl (C=O) groups is 1. The smallest absolute Gasteiger partial charge is 0.307 e. The minimum absolute atomic E-state index is 0.0109. The zero-order chi connectivity index (χ0) is 9.84. The Kier molecular flexibility index (Phi) is 2.70. The molecule has 0 amide bonds. The van der Waals surface area contributed by atoms with Crippen LogP contribution in [0.15, 0.2) is 12.3 Å². The van der Waals surface area contributed by atoms with Crippen LogP contribution < -0.4 is 4.74 Å². The van der Waals surface area contributed by atoms with Crippen molar-refractivity contribution in [1.29, 1.82) is 0 Å². The van der Waals surface area contributed by atoms with Crippen molar-refractivity contribution in [3.05, 3.63) is 27.0 Å². The molecule has 1 aromatic rings. The number of nitrogens with one attached hydrogen (secondary N) is 1. The van der Waals surface area contributed by atoms with Crippen molar-refractivity contribution in [2.45, 2.75) is 0 Å². The first-order valence-corrected chi connectivity index (χ1v) is 3.53. The van der Waals surface area contributed by atoms with Crippen molar-refractivity contribution >= 4 is 24.4 Å². The van der Waals surface area contributed by atoms with Gasteiger partial charge in [0.15, 0.2) is 10.4 Å². The molecule has 0 unspecified atom stereocenters. The van der Waals surface area contributed by atoms with Crippen LogP contribution in [-0.4, -0.2) is 16.4 Å². The molecule has 0 aliphatic rings. The molecule has 7 heteroatoms. The molecule has 0 fully saturated rings. The predicted molar refractivity (Wildman–Crippen MR) is 45.0 cm³/mol. The Hall–Kier alpha value is -1.76. The zero-order valence-corrected chi connectivity index (χ0v) is 7.04. The summed E-state index contributed by atoms with van der Waals surface area (Å²) in [5, 5.41) is 10.4. The molecule has 13 heavy (non-hydrogen) atoms. The third-order valence-electron chi connectivity index (χ3n) is 1.24. The van der Waals surface area contributed by atoms with Crippen LogP contribution >= 0.6 is 12.2 Å². The largest absolute Gasteiger partial charge is 0.427 e. The SMILES string of the molecule is O=COc1c[nH]c(=S)c([N+](=O)[O-])c1. The molecule has 0 saturated carbocycles. The topological polar surface area (TPSA) is 85.2 Å². The van der Waals surface area contributed by atoms with Crippen molar-refractivity contribution in [3.63, 3.8) is 0 Å². The van der Waals surface area contributed by atoms with E-state index < -0.39 is 4.92 Å². The highest BCUT2D eigenvalue weighted by Crippen LogP contribution is 2.18. The van der Waals surface area contributed by atoms with E-state index in [0.29, 0.717) is 0 Å². The fourth-order valence-electron chi connectivity index (χ4n) is 0.712. The Balaban J connectivity index is 3.18. The minimum atomic E-state index is -0.656. The lowest BCUT2D eigenvalue weighted by atomic mass is 10.4. The number of hydrogen-bond acceptors (Lipinski definition) is 5. The summed E-state index contributed by atoms with van der Waals surface area (Å²) in [6.45, 7) is 0.177. The van der Waals surface area contributed by atoms with Gasteiger partial charge in [-0.25, -0.2) is 0 Å². The van der Waals surface area contributed by atoms with Gasteiger partial charge in [-0.3, -0.25) is 14.9 Å². The number of nitro groups is 1. The Labute approximate surface area is 77.3 Å². The van der Waals surface area contributed by atoms with E-state index in [1.807, 2.05) is 0 Å². The second-order valence-electron chi connectivity index (χ2n) is 2.02. The van der Waals surface area contributed by atoms with Crippen LogP contribution in [0.5, 0.6) is 5.75 Å². The molecule has 1 rings (SSSR count). The fourth-order valence-corrected chi connectivity index (χ4v) is 0.904. The minimum Gasteiger partial charge on any atom is -0.427 e. The summed E-state index contributed by atoms with van der Waals surface area (Å²) in [6, 6.07) is 1.08. The first-order chi connectivity index (χ1) is 6.15. The molecule has 0 aromatic carbocycles. The molecule has 68 valence electrons. The van der Waals surface area contributed by atoms with Crippen molar-refractivity contribution in [2.24, 2.45) is 0 Å². The van der Waals surface area contributed by atoms with Crippen LogP contribution in [0, 0.1) is 14.8 Å². The van der Waals surface area contributed by atoms with Crippen LogP contribution in [0.1, 0.15) is 0 Å². The summed E-state index contributed by atoms with van der Waals surface area (Å²) < 4.78 is 4.38. The molecule has 0 spiro atoms. The third kappa shape index (κ3) is 2.09. The molecule has 0 aliphatic carbocycles. The number of pyridine rings is 1. The van der Waals surface area contributed by atoms with E-state index >= 15 is 0 Å². The summed E-state index contributed by atoms with van der Waals surface area (Å²) in [5.41, 5.74) is -0.297. The Morgan fingerprint density at radius 1 is 1.69 bits per heavy atom. The average molecular weight is 200 g/mol. The average Bonchev–Trinajstić information content (AvgIpc) is 2.08. The summed E-state index contributed by atoms with van der Waals surface area (Å²) in [6.07, 6.45) is 1.27. The molecule has 0 bridgehead atoms. The van der Waals surface area contributed by atoms with Crippen LogP contribution in [0.2, 0.25) is 0 Å². The molecule has 0 aliphatic heterocycles. The van der Waals surface area contributed by atoms with Crippen molar-refractivity contribution < 1.29 is 14.5 Å². The van der Waals surface area contributed by atoms with E-state index in [-0.39, 0.29) is 22.5 Å². The van der Waals surface area contributed by atoms with Crippen molar-refractivity contribution in [3.8, 4) is 5.75 Å². The van der Waals surface area contributed by atoms with E-state index in [9.17, 15) is 14.9 Å². The summed E-state index contributed by atoms with van der Waals surface area (Å²) in [7, 11) is 0. The number of carbonyl (C=O) groups excluding carboxylic acids is 1. The molecule has 1 N–H and O–H groups in total. The van der Waals surface area contributed by atoms with Crippen LogP contribution in [0.3, 0.4) is 0 Å². The molecular formula is C6H4N2O4S. The molecular weight excluding hydrogens is 196 g/mol. The number of rotatable bonds is 3. The van der Waals surface area contributed by atoms with E-state index in [4.69, 9.17) is 0 Å². The highest BCUT2D eigenvalue weighted by molar-refractivity contribution is 7.71. The van der Waals surface area contributed by atoms with Gasteiger partial charge in [0.25, 0.3) is 6.47 Å². The summed E-state index contributed by atoms with van der Waals surface area (Å²) in [5.74, 6) is 0.0512. The first kappa shape index (κ1) is 9.33. The molecule has 6 nitrogen and oxygen atoms in total. The van der Waals surface area contributed by atoms with Crippen molar-refractivity contribution in [2.75, 3.05) is 0 Å². The van der Waals surface area contributed by atoms with Gasteiger partial charge in [0.2, 0.25) is 0 Å². The zero-order valence-electron chi connectivity index (χ0n) is 6.22. The summed E-state index contributed by atoms with van der Waals surface area (Å²) >= 11 is 4.63. The van der Waals surface area contributed by atoms with Crippen molar-refractivity contribution in [1.82, 2.24) is 4.98 Å². The standard InChI is InChI=1S/C6H4N2O4S/c9-3-12-4-1-5(8(10)11)6(13)7-2-4/h1-3H,(H,7,13). The molecule has 1 heterocycles. The Morgan fingerprint density at radius 2 is 2.38 bits per heavy atom. The first-order valence-electron chi connectivity index (χ1n) is 3.12. The normalized spacial score (nSPS) is 9.23. The number of H-pyrrole nitrogens is 1. The maximum absolute atomic E-state index is 10.4. The lowest BCUT2D eigenvalue weighted by molar-refractivity contribution is -0.385. The van der Waals surface area contributed by atoms with Gasteiger partial charge in [0, 0.05) is 6.20 Å². The van der Waals surface area contributed by atoms with Crippen LogP contribution in [0.4, 0.5) is 5.69 Å². The molecule has 0 atom stereocenters. The van der Waals surface area contributed by atoms with E-state index in [1.54, 1.807) is 0 Å². The van der Waals surface area contributed by atoms with Gasteiger partial charge in [-0.1, -0.05) is 12.2 Å². The number of hydrogen-bond donors (Lipinski definition) is 1. The fraction of sp³-hybridized carbons (Fsp3) is 0.